The van der Waals surface area contributed by atoms with Gasteiger partial charge in [0.25, 0.3) is 0 Å². The molecule has 0 saturated carbocycles. The van der Waals surface area contributed by atoms with E-state index in [1.807, 2.05) is 62.0 Å². The molecule has 0 atom stereocenters. The number of rotatable bonds is 5. The van der Waals surface area contributed by atoms with Crippen molar-refractivity contribution in [2.75, 3.05) is 23.9 Å². The van der Waals surface area contributed by atoms with Crippen LogP contribution in [0.3, 0.4) is 0 Å². The number of anilines is 2. The first-order chi connectivity index (χ1) is 17.6. The molecule has 36 heavy (non-hydrogen) atoms. The van der Waals surface area contributed by atoms with Crippen LogP contribution in [0.5, 0.6) is 0 Å². The number of benzene rings is 1. The Morgan fingerprint density at radius 3 is 2.69 bits per heavy atom. The number of aromatic amines is 1. The van der Waals surface area contributed by atoms with Crippen molar-refractivity contribution in [3.05, 3.63) is 84.7 Å². The highest BCUT2D eigenvalue weighted by molar-refractivity contribution is 6.16. The second-order valence-corrected chi connectivity index (χ2v) is 9.20. The number of aromatic nitrogens is 5. The minimum Gasteiger partial charge on any atom is -0.382 e. The molecule has 2 N–H and O–H groups in total. The summed E-state index contributed by atoms with van der Waals surface area (Å²) < 4.78 is 0. The predicted molar refractivity (Wildman–Crippen MR) is 144 cm³/mol. The van der Waals surface area contributed by atoms with Crippen molar-refractivity contribution in [2.24, 2.45) is 4.99 Å². The Morgan fingerprint density at radius 1 is 0.944 bits per heavy atom. The van der Waals surface area contributed by atoms with Crippen molar-refractivity contribution < 1.29 is 0 Å². The lowest BCUT2D eigenvalue weighted by atomic mass is 10.0. The van der Waals surface area contributed by atoms with Crippen molar-refractivity contribution in [1.29, 1.82) is 0 Å². The van der Waals surface area contributed by atoms with Crippen molar-refractivity contribution in [1.82, 2.24) is 24.9 Å². The molecule has 5 aromatic rings. The average Bonchev–Trinajstić information content (AvgIpc) is 3.33. The van der Waals surface area contributed by atoms with E-state index in [1.54, 1.807) is 6.20 Å². The zero-order valence-corrected chi connectivity index (χ0v) is 20.4. The molecule has 0 saturated heterocycles. The lowest BCUT2D eigenvalue weighted by Crippen LogP contribution is -2.27. The maximum atomic E-state index is 5.00. The number of nitrogens with zero attached hydrogens (tertiary/aromatic N) is 6. The first-order valence-corrected chi connectivity index (χ1v) is 12.0. The average molecular weight is 475 g/mol. The fourth-order valence-electron chi connectivity index (χ4n) is 4.51. The summed E-state index contributed by atoms with van der Waals surface area (Å²) in [4.78, 5) is 29.2. The number of nitrogens with one attached hydrogen (secondary N) is 2. The van der Waals surface area contributed by atoms with Gasteiger partial charge in [0.15, 0.2) is 5.82 Å². The van der Waals surface area contributed by atoms with Crippen LogP contribution in [0.4, 0.5) is 11.4 Å². The molecule has 6 rings (SSSR count). The summed E-state index contributed by atoms with van der Waals surface area (Å²) in [5, 5.41) is 3.41. The second kappa shape index (κ2) is 8.88. The number of hydrogen-bond donors (Lipinski definition) is 2. The van der Waals surface area contributed by atoms with E-state index in [1.165, 1.54) is 0 Å². The van der Waals surface area contributed by atoms with Gasteiger partial charge in [-0.2, -0.15) is 0 Å². The molecule has 0 fully saturated rings. The van der Waals surface area contributed by atoms with Gasteiger partial charge in [-0.15, -0.1) is 0 Å². The molecule has 178 valence electrons. The lowest BCUT2D eigenvalue weighted by Gasteiger charge is -2.25. The zero-order chi connectivity index (χ0) is 24.6. The van der Waals surface area contributed by atoms with Gasteiger partial charge in [0.1, 0.15) is 12.4 Å². The maximum Gasteiger partial charge on any atom is 0.157 e. The Labute approximate surface area is 209 Å². The fourth-order valence-corrected chi connectivity index (χ4v) is 4.51. The molecular formula is C28H26N8. The fraction of sp³-hybridized carbons (Fsp3) is 0.179. The molecule has 0 unspecified atom stereocenters. The van der Waals surface area contributed by atoms with Crippen LogP contribution >= 0.6 is 0 Å². The van der Waals surface area contributed by atoms with Gasteiger partial charge < -0.3 is 15.2 Å². The van der Waals surface area contributed by atoms with Crippen LogP contribution in [0.15, 0.2) is 78.3 Å². The van der Waals surface area contributed by atoms with E-state index in [9.17, 15) is 0 Å². The molecule has 1 aliphatic rings. The lowest BCUT2D eigenvalue weighted by molar-refractivity contribution is 0.897. The van der Waals surface area contributed by atoms with Gasteiger partial charge in [0.2, 0.25) is 0 Å². The quantitative estimate of drug-likeness (QED) is 0.366. The predicted octanol–water partition coefficient (Wildman–Crippen LogP) is 5.15. The standard InChI is InChI=1S/C28H26N8/c1-17(2)33-19-11-18(13-29-14-19)24-12-21-25(15-31-24)36(3)16-32-27(21)28-34-23-9-6-7-20(26(23)35-28)22-8-4-5-10-30-22/h4-15,17,33H,16H2,1-3H3,(H,34,35). The van der Waals surface area contributed by atoms with Crippen LogP contribution < -0.4 is 10.2 Å². The van der Waals surface area contributed by atoms with E-state index in [2.05, 4.69) is 51.1 Å². The minimum absolute atomic E-state index is 0.315. The van der Waals surface area contributed by atoms with Crippen LogP contribution in [0.2, 0.25) is 0 Å². The first kappa shape index (κ1) is 21.9. The highest BCUT2D eigenvalue weighted by atomic mass is 15.2. The van der Waals surface area contributed by atoms with Crippen LogP contribution in [-0.2, 0) is 0 Å². The summed E-state index contributed by atoms with van der Waals surface area (Å²) in [6.07, 6.45) is 7.37. The Morgan fingerprint density at radius 2 is 1.86 bits per heavy atom. The molecule has 0 spiro atoms. The largest absolute Gasteiger partial charge is 0.382 e. The number of hydrogen-bond acceptors (Lipinski definition) is 7. The molecule has 1 aromatic carbocycles. The Kier molecular flexibility index (Phi) is 5.41. The molecule has 0 bridgehead atoms. The molecular weight excluding hydrogens is 448 g/mol. The molecule has 0 amide bonds. The van der Waals surface area contributed by atoms with Crippen LogP contribution in [0, 0.1) is 0 Å². The molecule has 8 nitrogen and oxygen atoms in total. The van der Waals surface area contributed by atoms with E-state index in [0.717, 1.165) is 62.0 Å². The molecule has 0 radical (unpaired) electrons. The van der Waals surface area contributed by atoms with Gasteiger partial charge in [-0.1, -0.05) is 18.2 Å². The number of H-pyrrole nitrogens is 1. The molecule has 5 heterocycles. The zero-order valence-electron chi connectivity index (χ0n) is 20.4. The summed E-state index contributed by atoms with van der Waals surface area (Å²) in [5.74, 6) is 0.730. The van der Waals surface area contributed by atoms with E-state index in [-0.39, 0.29) is 0 Å². The summed E-state index contributed by atoms with van der Waals surface area (Å²) in [6.45, 7) is 4.74. The van der Waals surface area contributed by atoms with E-state index in [4.69, 9.17) is 15.0 Å². The molecule has 0 aliphatic carbocycles. The van der Waals surface area contributed by atoms with E-state index >= 15 is 0 Å². The number of para-hydroxylation sites is 1. The number of aliphatic imine (C=N–C) groups is 1. The molecule has 8 heteroatoms. The Bertz CT molecular complexity index is 1590. The number of pyridine rings is 3. The van der Waals surface area contributed by atoms with Gasteiger partial charge in [0.05, 0.1) is 40.0 Å². The van der Waals surface area contributed by atoms with Gasteiger partial charge in [-0.3, -0.25) is 19.9 Å². The molecule has 1 aliphatic heterocycles. The van der Waals surface area contributed by atoms with Crippen molar-refractivity contribution in [3.63, 3.8) is 0 Å². The van der Waals surface area contributed by atoms with Crippen molar-refractivity contribution in [2.45, 2.75) is 19.9 Å². The van der Waals surface area contributed by atoms with Gasteiger partial charge in [-0.25, -0.2) is 4.98 Å². The van der Waals surface area contributed by atoms with Gasteiger partial charge >= 0.3 is 0 Å². The topological polar surface area (TPSA) is 95.0 Å². The van der Waals surface area contributed by atoms with E-state index in [0.29, 0.717) is 12.7 Å². The third-order valence-electron chi connectivity index (χ3n) is 6.16. The third kappa shape index (κ3) is 3.96. The molecule has 4 aromatic heterocycles. The monoisotopic (exact) mass is 474 g/mol. The Balaban J connectivity index is 1.44. The highest BCUT2D eigenvalue weighted by Crippen LogP contribution is 2.32. The normalized spacial score (nSPS) is 13.1. The summed E-state index contributed by atoms with van der Waals surface area (Å²) >= 11 is 0. The van der Waals surface area contributed by atoms with Crippen LogP contribution in [0.1, 0.15) is 25.2 Å². The maximum absolute atomic E-state index is 5.00. The van der Waals surface area contributed by atoms with Crippen molar-refractivity contribution >= 4 is 28.1 Å². The number of fused-ring (bicyclic) bond motifs is 2. The minimum atomic E-state index is 0.315. The van der Waals surface area contributed by atoms with Gasteiger partial charge in [-0.05, 0) is 44.2 Å². The van der Waals surface area contributed by atoms with Crippen molar-refractivity contribution in [3.8, 4) is 22.5 Å². The number of imidazole rings is 1. The second-order valence-electron chi connectivity index (χ2n) is 9.20. The third-order valence-corrected chi connectivity index (χ3v) is 6.16. The summed E-state index contributed by atoms with van der Waals surface area (Å²) in [7, 11) is 2.02. The smallest absolute Gasteiger partial charge is 0.157 e. The van der Waals surface area contributed by atoms with Crippen LogP contribution in [0.25, 0.3) is 33.5 Å². The van der Waals surface area contributed by atoms with E-state index < -0.39 is 0 Å². The van der Waals surface area contributed by atoms with Gasteiger partial charge in [0, 0.05) is 48.4 Å². The summed E-state index contributed by atoms with van der Waals surface area (Å²) in [5.41, 5.74) is 9.25. The van der Waals surface area contributed by atoms with Crippen LogP contribution in [-0.4, -0.2) is 50.4 Å². The SMILES string of the molecule is CC(C)Nc1cncc(-c2cc3c(cn2)N(C)CN=C3c2nc3c(-c4ccccn4)cccc3[nH]2)c1. The highest BCUT2D eigenvalue weighted by Gasteiger charge is 2.24. The first-order valence-electron chi connectivity index (χ1n) is 12.0. The summed E-state index contributed by atoms with van der Waals surface area (Å²) in [6, 6.07) is 16.5. The Hall–Kier alpha value is -4.59.